The molecular formula is C83H147NO23P2. The Balaban J connectivity index is 2.85. The standard InChI is InChI=1S/C83H147NO23P2/c1-11-20-24-28-31-34-35-36-37-38-39-41-43-47-51-55-74(87)106-80-79(94-63-56-70(92-10)54-50-45-27-23-14-4)77(107-109(91,101-60-18-8)102-61-19-9)72(68-98-83(89)96-57-15-5)105-82(80)97-67-71-76(88)78(93-62-52-48-44-33-30-26-22-13-3)75(81(104-71)95-64-65-103-108(90,99-58-16-6)100-59-17-7)84-73(86)66-69(85)53-49-46-42-40-32-29-25-21-12-2/h15-19,34-35,70-72,75-82,88H,5-9,11-14,20-33,36-68H2,1-4,10H3,(H,84,86)/b35-34-/t70-,71-,72-,75-,76-,77-,78-,79+,80-,81+,82-/m1/s1. The fraction of sp³-hybridized carbons (Fsp3) is 0.807. The van der Waals surface area contributed by atoms with Gasteiger partial charge in [-0.25, -0.2) is 13.9 Å². The van der Waals surface area contributed by atoms with Gasteiger partial charge in [-0.05, 0) is 57.8 Å². The molecule has 2 rings (SSSR count). The number of ether oxygens (including phenoxy) is 10. The van der Waals surface area contributed by atoms with Crippen molar-refractivity contribution in [1.29, 1.82) is 0 Å². The van der Waals surface area contributed by atoms with Crippen molar-refractivity contribution in [1.82, 2.24) is 5.32 Å². The van der Waals surface area contributed by atoms with Crippen molar-refractivity contribution in [3.05, 3.63) is 75.4 Å². The zero-order chi connectivity index (χ0) is 79.7. The van der Waals surface area contributed by atoms with Gasteiger partial charge in [-0.1, -0.05) is 257 Å². The van der Waals surface area contributed by atoms with Crippen LogP contribution in [0.25, 0.3) is 0 Å². The molecule has 1 amide bonds. The lowest BCUT2D eigenvalue weighted by Gasteiger charge is -2.47. The van der Waals surface area contributed by atoms with Gasteiger partial charge in [-0.15, -0.1) is 26.3 Å². The number of phosphoric acid groups is 2. The molecule has 2 aliphatic rings. The first-order chi connectivity index (χ1) is 53.0. The molecule has 0 aromatic rings. The Hall–Kier alpha value is -3.78. The molecule has 26 heteroatoms. The maximum Gasteiger partial charge on any atom is 0.508 e. The first kappa shape index (κ1) is 101. The van der Waals surface area contributed by atoms with E-state index in [0.717, 1.165) is 154 Å². The second-order valence-corrected chi connectivity index (χ2v) is 31.5. The van der Waals surface area contributed by atoms with E-state index >= 15 is 0 Å². The molecule has 109 heavy (non-hydrogen) atoms. The minimum atomic E-state index is -4.69. The van der Waals surface area contributed by atoms with E-state index in [1.54, 1.807) is 7.11 Å². The number of hydrogen-bond acceptors (Lipinski definition) is 23. The van der Waals surface area contributed by atoms with Crippen molar-refractivity contribution >= 4 is 39.5 Å². The van der Waals surface area contributed by atoms with E-state index in [0.29, 0.717) is 32.1 Å². The third-order valence-electron chi connectivity index (χ3n) is 18.8. The molecule has 0 aromatic heterocycles. The van der Waals surface area contributed by atoms with Crippen molar-refractivity contribution in [2.75, 3.05) is 79.8 Å². The van der Waals surface area contributed by atoms with Gasteiger partial charge in [-0.3, -0.25) is 41.5 Å². The molecule has 0 saturated carbocycles. The van der Waals surface area contributed by atoms with Gasteiger partial charge in [0.05, 0.1) is 58.8 Å². The monoisotopic (exact) mass is 1590 g/mol. The van der Waals surface area contributed by atoms with E-state index in [4.69, 9.17) is 74.5 Å². The Morgan fingerprint density at radius 3 is 1.47 bits per heavy atom. The van der Waals surface area contributed by atoms with Crippen LogP contribution in [0.3, 0.4) is 0 Å². The lowest BCUT2D eigenvalue weighted by Crippen LogP contribution is -2.66. The summed E-state index contributed by atoms with van der Waals surface area (Å²) in [5.74, 6) is -1.59. The summed E-state index contributed by atoms with van der Waals surface area (Å²) in [4.78, 5) is 55.7. The zero-order valence-electron chi connectivity index (χ0n) is 67.8. The molecule has 2 heterocycles. The number of methoxy groups -OCH3 is 1. The van der Waals surface area contributed by atoms with Gasteiger partial charge in [0.25, 0.3) is 0 Å². The SMILES string of the molecule is C=CCOC(=O)OC[C@H]1O[C@@H](OC[C@H]2O[C@H](OCCOP(=O)(OCC=C)OCC=C)[C@H](NC(=O)CC(=O)CCCCCCCCCCC)[C@@H](OCCCCCCCCCC)[C@@H]2O)[C@H](OC(=O)CCCCCCCCC/C=C\CCCCCC)[C@@H](OCC[C@@H](CCCCCCC)OC)[C@@H]1OP(=O)(OCC=C)OCC=C. The first-order valence-corrected chi connectivity index (χ1v) is 44.6. The molecule has 2 N–H and O–H groups in total. The van der Waals surface area contributed by atoms with Crippen molar-refractivity contribution < 1.29 is 108 Å². The number of rotatable bonds is 76. The van der Waals surface area contributed by atoms with Crippen LogP contribution in [0, 0.1) is 0 Å². The molecule has 0 aromatic carbocycles. The second-order valence-electron chi connectivity index (χ2n) is 28.2. The number of phosphoric ester groups is 2. The first-order valence-electron chi connectivity index (χ1n) is 41.6. The maximum absolute atomic E-state index is 14.9. The molecule has 0 aliphatic carbocycles. The van der Waals surface area contributed by atoms with E-state index in [1.165, 1.54) is 81.7 Å². The van der Waals surface area contributed by atoms with Crippen LogP contribution < -0.4 is 5.32 Å². The summed E-state index contributed by atoms with van der Waals surface area (Å²) in [6, 6.07) is -1.28. The van der Waals surface area contributed by atoms with Crippen LogP contribution in [0.15, 0.2) is 75.4 Å². The van der Waals surface area contributed by atoms with E-state index in [1.807, 2.05) is 0 Å². The van der Waals surface area contributed by atoms with Gasteiger partial charge in [-0.2, -0.15) is 0 Å². The average Bonchev–Trinajstić information content (AvgIpc) is 0.789. The number of hydrogen-bond donors (Lipinski definition) is 2. The smallest absolute Gasteiger partial charge is 0.454 e. The summed E-state index contributed by atoms with van der Waals surface area (Å²) < 4.78 is 127. The van der Waals surface area contributed by atoms with E-state index in [-0.39, 0.29) is 77.6 Å². The maximum atomic E-state index is 14.9. The second kappa shape index (κ2) is 67.5. The highest BCUT2D eigenvalue weighted by Gasteiger charge is 2.55. The van der Waals surface area contributed by atoms with Gasteiger partial charge in [0.1, 0.15) is 61.7 Å². The summed E-state index contributed by atoms with van der Waals surface area (Å²) >= 11 is 0. The van der Waals surface area contributed by atoms with Crippen LogP contribution in [-0.4, -0.2) is 176 Å². The minimum Gasteiger partial charge on any atom is -0.454 e. The number of allylic oxidation sites excluding steroid dienone is 2. The van der Waals surface area contributed by atoms with Crippen molar-refractivity contribution in [3.8, 4) is 0 Å². The summed E-state index contributed by atoms with van der Waals surface area (Å²) in [5.41, 5.74) is 0. The molecule has 11 atom stereocenters. The molecule has 2 aliphatic heterocycles. The lowest BCUT2D eigenvalue weighted by molar-refractivity contribution is -0.327. The molecule has 632 valence electrons. The summed E-state index contributed by atoms with van der Waals surface area (Å²) in [6.45, 7) is 24.0. The van der Waals surface area contributed by atoms with Crippen LogP contribution in [0.2, 0.25) is 0 Å². The number of ketones is 1. The fourth-order valence-electron chi connectivity index (χ4n) is 12.7. The Labute approximate surface area is 656 Å². The highest BCUT2D eigenvalue weighted by atomic mass is 31.2. The van der Waals surface area contributed by atoms with Crippen molar-refractivity contribution in [2.45, 2.75) is 352 Å². The third-order valence-corrected chi connectivity index (χ3v) is 21.7. The summed E-state index contributed by atoms with van der Waals surface area (Å²) in [7, 11) is -7.28. The Kier molecular flexibility index (Phi) is 62.8. The quantitative estimate of drug-likeness (QED) is 0.0188. The Morgan fingerprint density at radius 1 is 0.450 bits per heavy atom. The molecule has 2 saturated heterocycles. The topological polar surface area (TPSA) is 282 Å². The van der Waals surface area contributed by atoms with Crippen LogP contribution >= 0.6 is 15.6 Å². The average molecular weight is 1590 g/mol. The largest absolute Gasteiger partial charge is 0.508 e. The fourth-order valence-corrected chi connectivity index (χ4v) is 15.2. The predicted molar refractivity (Wildman–Crippen MR) is 427 cm³/mol. The summed E-state index contributed by atoms with van der Waals surface area (Å²) in [6.07, 6.45) is 33.2. The molecule has 0 unspecified atom stereocenters. The highest BCUT2D eigenvalue weighted by Crippen LogP contribution is 2.53. The third kappa shape index (κ3) is 48.9. The van der Waals surface area contributed by atoms with Crippen molar-refractivity contribution in [3.63, 3.8) is 0 Å². The Bertz CT molecular complexity index is 2460. The number of esters is 1. The van der Waals surface area contributed by atoms with E-state index in [9.17, 15) is 33.4 Å². The van der Waals surface area contributed by atoms with E-state index < -0.39 is 121 Å². The molecule has 0 bridgehead atoms. The van der Waals surface area contributed by atoms with Crippen LogP contribution in [-0.2, 0) is 98.0 Å². The number of unbranched alkanes of at least 4 members (excludes halogenated alkanes) is 30. The molecular weight excluding hydrogens is 1440 g/mol. The number of aliphatic hydroxyl groups excluding tert-OH is 1. The van der Waals surface area contributed by atoms with Gasteiger partial charge >= 0.3 is 27.8 Å². The Morgan fingerprint density at radius 2 is 0.927 bits per heavy atom. The number of aliphatic hydroxyl groups is 1. The molecule has 2 fully saturated rings. The van der Waals surface area contributed by atoms with Crippen LogP contribution in [0.5, 0.6) is 0 Å². The predicted octanol–water partition coefficient (Wildman–Crippen LogP) is 19.6. The zero-order valence-corrected chi connectivity index (χ0v) is 69.6. The van der Waals surface area contributed by atoms with Gasteiger partial charge in [0.15, 0.2) is 18.7 Å². The molecule has 0 radical (unpaired) electrons. The van der Waals surface area contributed by atoms with Crippen LogP contribution in [0.4, 0.5) is 4.79 Å². The van der Waals surface area contributed by atoms with E-state index in [2.05, 4.69) is 78.1 Å². The van der Waals surface area contributed by atoms with Crippen LogP contribution in [0.1, 0.15) is 285 Å². The number of Topliss-reactive ketones (excluding diaryl/α,β-unsaturated/α-hetero) is 1. The van der Waals surface area contributed by atoms with Gasteiger partial charge < -0.3 is 57.8 Å². The normalized spacial score (nSPS) is 20.5. The minimum absolute atomic E-state index is 0.0292. The lowest BCUT2D eigenvalue weighted by atomic mass is 9.95. The number of nitrogens with one attached hydrogen (secondary N) is 1. The van der Waals surface area contributed by atoms with Gasteiger partial charge in [0.2, 0.25) is 5.91 Å². The van der Waals surface area contributed by atoms with Gasteiger partial charge in [0, 0.05) is 33.2 Å². The van der Waals surface area contributed by atoms with Crippen molar-refractivity contribution in [2.24, 2.45) is 0 Å². The molecule has 0 spiro atoms. The number of carbonyl (C=O) groups is 4. The number of amides is 1. The number of carbonyl (C=O) groups excluding carboxylic acids is 4. The summed E-state index contributed by atoms with van der Waals surface area (Å²) in [5, 5.41) is 15.7. The molecule has 24 nitrogen and oxygen atoms in total. The highest BCUT2D eigenvalue weighted by molar-refractivity contribution is 7.48.